The molecule has 0 saturated heterocycles. The highest BCUT2D eigenvalue weighted by Gasteiger charge is 2.29. The molecule has 0 amide bonds. The largest absolute Gasteiger partial charge is 0.347 e. The van der Waals surface area contributed by atoms with Crippen LogP contribution in [0.2, 0.25) is 0 Å². The Morgan fingerprint density at radius 3 is 2.90 bits per heavy atom. The van der Waals surface area contributed by atoms with Gasteiger partial charge in [0.25, 0.3) is 0 Å². The van der Waals surface area contributed by atoms with Crippen molar-refractivity contribution in [1.29, 1.82) is 0 Å². The van der Waals surface area contributed by atoms with Crippen LogP contribution in [-0.2, 0) is 13.1 Å². The lowest BCUT2D eigenvalue weighted by atomic mass is 10.2. The molecule has 3 rings (SSSR count). The van der Waals surface area contributed by atoms with Crippen molar-refractivity contribution in [3.63, 3.8) is 0 Å². The number of anilines is 1. The smallest absolute Gasteiger partial charge is 0.185 e. The van der Waals surface area contributed by atoms with Crippen molar-refractivity contribution in [3.05, 3.63) is 46.2 Å². The lowest BCUT2D eigenvalue weighted by molar-refractivity contribution is 0.625. The highest BCUT2D eigenvalue weighted by molar-refractivity contribution is 7.15. The molecule has 1 heterocycles. The Morgan fingerprint density at radius 2 is 2.24 bits per heavy atom. The van der Waals surface area contributed by atoms with E-state index in [4.69, 9.17) is 4.98 Å². The predicted molar refractivity (Wildman–Crippen MR) is 85.4 cm³/mol. The third-order valence-corrected chi connectivity index (χ3v) is 4.84. The zero-order valence-corrected chi connectivity index (χ0v) is 13.2. The predicted octanol–water partition coefficient (Wildman–Crippen LogP) is 3.52. The van der Waals surface area contributed by atoms with Gasteiger partial charge in [-0.15, -0.1) is 11.3 Å². The van der Waals surface area contributed by atoms with Crippen LogP contribution < -0.4 is 10.2 Å². The monoisotopic (exact) mass is 305 g/mol. The summed E-state index contributed by atoms with van der Waals surface area (Å²) in [6.07, 6.45) is 2.51. The number of thiazole rings is 1. The highest BCUT2D eigenvalue weighted by atomic mass is 32.1. The van der Waals surface area contributed by atoms with E-state index in [1.807, 2.05) is 20.2 Å². The van der Waals surface area contributed by atoms with Gasteiger partial charge in [0.15, 0.2) is 5.13 Å². The molecule has 1 saturated carbocycles. The number of hydrogen-bond acceptors (Lipinski definition) is 4. The first-order valence-corrected chi connectivity index (χ1v) is 8.09. The summed E-state index contributed by atoms with van der Waals surface area (Å²) in [5, 5.41) is 4.24. The van der Waals surface area contributed by atoms with Crippen LogP contribution in [0.15, 0.2) is 24.3 Å². The molecule has 3 nitrogen and oxygen atoms in total. The van der Waals surface area contributed by atoms with Crippen molar-refractivity contribution in [2.75, 3.05) is 19.0 Å². The second-order valence-electron chi connectivity index (χ2n) is 5.60. The molecule has 1 N–H and O–H groups in total. The van der Waals surface area contributed by atoms with Gasteiger partial charge in [0.2, 0.25) is 0 Å². The summed E-state index contributed by atoms with van der Waals surface area (Å²) in [7, 11) is 3.98. The number of benzene rings is 1. The average molecular weight is 305 g/mol. The second kappa shape index (κ2) is 6.12. The van der Waals surface area contributed by atoms with Gasteiger partial charge in [-0.3, -0.25) is 0 Å². The molecule has 0 atom stereocenters. The number of nitrogens with one attached hydrogen (secondary N) is 1. The van der Waals surface area contributed by atoms with Gasteiger partial charge in [-0.25, -0.2) is 9.37 Å². The summed E-state index contributed by atoms with van der Waals surface area (Å²) < 4.78 is 13.3. The molecule has 5 heteroatoms. The maximum atomic E-state index is 13.3. The summed E-state index contributed by atoms with van der Waals surface area (Å²) in [6, 6.07) is 6.76. The Kier molecular flexibility index (Phi) is 4.22. The molecule has 1 fully saturated rings. The van der Waals surface area contributed by atoms with Gasteiger partial charge in [0.1, 0.15) is 5.82 Å². The van der Waals surface area contributed by atoms with Crippen LogP contribution in [0.1, 0.15) is 34.9 Å². The van der Waals surface area contributed by atoms with E-state index in [0.717, 1.165) is 17.2 Å². The van der Waals surface area contributed by atoms with Crippen LogP contribution in [-0.4, -0.2) is 19.1 Å². The molecule has 1 aromatic carbocycles. The molecule has 0 aliphatic heterocycles. The Bertz CT molecular complexity index is 622. The van der Waals surface area contributed by atoms with Gasteiger partial charge in [-0.05, 0) is 37.6 Å². The standard InChI is InChI=1S/C16H20FN3S/c1-18-9-14-15(12-6-7-12)19-16(21-14)20(2)10-11-4-3-5-13(17)8-11/h3-5,8,12,18H,6-7,9-10H2,1-2H3. The zero-order valence-electron chi connectivity index (χ0n) is 12.4. The van der Waals surface area contributed by atoms with Gasteiger partial charge in [0, 0.05) is 30.9 Å². The van der Waals surface area contributed by atoms with E-state index in [2.05, 4.69) is 10.2 Å². The Labute approximate surface area is 128 Å². The first-order valence-electron chi connectivity index (χ1n) is 7.27. The fourth-order valence-corrected chi connectivity index (χ4v) is 3.57. The highest BCUT2D eigenvalue weighted by Crippen LogP contribution is 2.44. The van der Waals surface area contributed by atoms with Gasteiger partial charge >= 0.3 is 0 Å². The van der Waals surface area contributed by atoms with Crippen molar-refractivity contribution >= 4 is 16.5 Å². The Balaban J connectivity index is 1.77. The number of hydrogen-bond donors (Lipinski definition) is 1. The molecule has 1 aliphatic carbocycles. The summed E-state index contributed by atoms with van der Waals surface area (Å²) in [5.74, 6) is 0.468. The topological polar surface area (TPSA) is 28.2 Å². The molecule has 0 radical (unpaired) electrons. The summed E-state index contributed by atoms with van der Waals surface area (Å²) in [6.45, 7) is 1.55. The van der Waals surface area contributed by atoms with Gasteiger partial charge in [-0.2, -0.15) is 0 Å². The minimum atomic E-state index is -0.186. The molecule has 1 aromatic heterocycles. The Hall–Kier alpha value is -1.46. The van der Waals surface area contributed by atoms with E-state index in [9.17, 15) is 4.39 Å². The van der Waals surface area contributed by atoms with Crippen molar-refractivity contribution in [1.82, 2.24) is 10.3 Å². The van der Waals surface area contributed by atoms with Crippen molar-refractivity contribution < 1.29 is 4.39 Å². The lowest BCUT2D eigenvalue weighted by Gasteiger charge is -2.15. The van der Waals surface area contributed by atoms with Gasteiger partial charge < -0.3 is 10.2 Å². The maximum absolute atomic E-state index is 13.3. The number of rotatable bonds is 6. The van der Waals surface area contributed by atoms with E-state index in [0.29, 0.717) is 12.5 Å². The van der Waals surface area contributed by atoms with Crippen LogP contribution in [0, 0.1) is 5.82 Å². The minimum absolute atomic E-state index is 0.186. The third-order valence-electron chi connectivity index (χ3n) is 3.65. The minimum Gasteiger partial charge on any atom is -0.347 e. The first kappa shape index (κ1) is 14.5. The average Bonchev–Trinajstić information content (AvgIpc) is 3.20. The molecule has 0 spiro atoms. The fraction of sp³-hybridized carbons (Fsp3) is 0.438. The van der Waals surface area contributed by atoms with Crippen molar-refractivity contribution in [2.45, 2.75) is 31.8 Å². The SMILES string of the molecule is CNCc1sc(N(C)Cc2cccc(F)c2)nc1C1CC1. The lowest BCUT2D eigenvalue weighted by Crippen LogP contribution is -2.16. The molecular formula is C16H20FN3S. The second-order valence-corrected chi connectivity index (χ2v) is 6.66. The molecule has 21 heavy (non-hydrogen) atoms. The van der Waals surface area contributed by atoms with Gasteiger partial charge in [0.05, 0.1) is 5.69 Å². The van der Waals surface area contributed by atoms with E-state index in [-0.39, 0.29) is 5.82 Å². The first-order chi connectivity index (χ1) is 10.2. The van der Waals surface area contributed by atoms with E-state index >= 15 is 0 Å². The zero-order chi connectivity index (χ0) is 14.8. The maximum Gasteiger partial charge on any atom is 0.185 e. The van der Waals surface area contributed by atoms with E-state index in [1.165, 1.54) is 29.5 Å². The van der Waals surface area contributed by atoms with Crippen LogP contribution in [0.5, 0.6) is 0 Å². The third kappa shape index (κ3) is 3.41. The number of aromatic nitrogens is 1. The van der Waals surface area contributed by atoms with Crippen LogP contribution >= 0.6 is 11.3 Å². The van der Waals surface area contributed by atoms with Crippen LogP contribution in [0.25, 0.3) is 0 Å². The molecular weight excluding hydrogens is 285 g/mol. The van der Waals surface area contributed by atoms with Crippen molar-refractivity contribution in [2.24, 2.45) is 0 Å². The van der Waals surface area contributed by atoms with Gasteiger partial charge in [-0.1, -0.05) is 12.1 Å². The van der Waals surface area contributed by atoms with Crippen LogP contribution in [0.3, 0.4) is 0 Å². The summed E-state index contributed by atoms with van der Waals surface area (Å²) >= 11 is 1.74. The number of nitrogens with zero attached hydrogens (tertiary/aromatic N) is 2. The van der Waals surface area contributed by atoms with E-state index < -0.39 is 0 Å². The summed E-state index contributed by atoms with van der Waals surface area (Å²) in [5.41, 5.74) is 2.23. The molecule has 112 valence electrons. The molecule has 0 unspecified atom stereocenters. The van der Waals surface area contributed by atoms with E-state index in [1.54, 1.807) is 23.5 Å². The summed E-state index contributed by atoms with van der Waals surface area (Å²) in [4.78, 5) is 8.26. The number of halogens is 1. The molecule has 2 aromatic rings. The van der Waals surface area contributed by atoms with Crippen LogP contribution in [0.4, 0.5) is 9.52 Å². The quantitative estimate of drug-likeness (QED) is 0.885. The fourth-order valence-electron chi connectivity index (χ4n) is 2.45. The van der Waals surface area contributed by atoms with Crippen molar-refractivity contribution in [3.8, 4) is 0 Å². The molecule has 1 aliphatic rings. The normalized spacial score (nSPS) is 14.4. The Morgan fingerprint density at radius 1 is 1.43 bits per heavy atom. The molecule has 0 bridgehead atoms.